The molecule has 0 spiro atoms. The Bertz CT molecular complexity index is 1130. The van der Waals surface area contributed by atoms with Gasteiger partial charge in [0.25, 0.3) is 0 Å². The van der Waals surface area contributed by atoms with Crippen molar-refractivity contribution in [2.24, 2.45) is 5.92 Å². The van der Waals surface area contributed by atoms with E-state index in [0.29, 0.717) is 12.0 Å². The van der Waals surface area contributed by atoms with Crippen LogP contribution in [0.15, 0.2) is 54.6 Å². The molecule has 0 aromatic heterocycles. The summed E-state index contributed by atoms with van der Waals surface area (Å²) in [6.07, 6.45) is -0.190. The van der Waals surface area contributed by atoms with Crippen molar-refractivity contribution in [2.45, 2.75) is 96.7 Å². The maximum Gasteiger partial charge on any atom is 0.407 e. The lowest BCUT2D eigenvalue weighted by Gasteiger charge is -2.42. The van der Waals surface area contributed by atoms with E-state index in [9.17, 15) is 14.7 Å². The molecule has 0 fully saturated rings. The van der Waals surface area contributed by atoms with E-state index < -0.39 is 44.0 Å². The van der Waals surface area contributed by atoms with Gasteiger partial charge in [0.15, 0.2) is 8.32 Å². The summed E-state index contributed by atoms with van der Waals surface area (Å²) >= 11 is 0. The van der Waals surface area contributed by atoms with Gasteiger partial charge >= 0.3 is 12.1 Å². The molecule has 0 heterocycles. The van der Waals surface area contributed by atoms with Gasteiger partial charge in [0.1, 0.15) is 5.60 Å². The first-order chi connectivity index (χ1) is 18.0. The summed E-state index contributed by atoms with van der Waals surface area (Å²) in [4.78, 5) is 25.5. The van der Waals surface area contributed by atoms with Crippen LogP contribution in [0.25, 0.3) is 0 Å². The number of carbonyl (C=O) groups excluding carboxylic acids is 1. The zero-order valence-electron chi connectivity index (χ0n) is 24.6. The van der Waals surface area contributed by atoms with Crippen molar-refractivity contribution in [2.75, 3.05) is 0 Å². The van der Waals surface area contributed by atoms with Crippen molar-refractivity contribution in [3.63, 3.8) is 0 Å². The van der Waals surface area contributed by atoms with Crippen LogP contribution in [0, 0.1) is 17.2 Å². The Balaban J connectivity index is 2.48. The molecule has 3 atom stereocenters. The zero-order chi connectivity index (χ0) is 29.4. The van der Waals surface area contributed by atoms with Crippen molar-refractivity contribution < 1.29 is 23.9 Å². The van der Waals surface area contributed by atoms with Crippen LogP contribution >= 0.6 is 0 Å². The molecule has 2 rings (SSSR count). The van der Waals surface area contributed by atoms with Crippen LogP contribution in [0.2, 0.25) is 18.1 Å². The van der Waals surface area contributed by atoms with Crippen molar-refractivity contribution >= 4 is 20.4 Å². The van der Waals surface area contributed by atoms with E-state index in [0.717, 1.165) is 11.1 Å². The number of nitrogens with one attached hydrogen (secondary N) is 1. The Morgan fingerprint density at radius 2 is 1.51 bits per heavy atom. The van der Waals surface area contributed by atoms with Gasteiger partial charge in [-0.2, -0.15) is 5.26 Å². The molecule has 2 aromatic carbocycles. The molecule has 0 saturated heterocycles. The molecule has 3 unspecified atom stereocenters. The van der Waals surface area contributed by atoms with Crippen LogP contribution in [0.5, 0.6) is 0 Å². The molecule has 0 bridgehead atoms. The maximum atomic E-state index is 13.0. The summed E-state index contributed by atoms with van der Waals surface area (Å²) in [6, 6.07) is 18.3. The highest BCUT2D eigenvalue weighted by Crippen LogP contribution is 2.39. The van der Waals surface area contributed by atoms with Gasteiger partial charge in [-0.15, -0.1) is 0 Å². The highest BCUT2D eigenvalue weighted by Gasteiger charge is 2.42. The minimum absolute atomic E-state index is 0.125. The van der Waals surface area contributed by atoms with Gasteiger partial charge in [-0.05, 0) is 81.4 Å². The number of nitrogens with zero attached hydrogens (tertiary/aromatic N) is 1. The van der Waals surface area contributed by atoms with Gasteiger partial charge in [-0.1, -0.05) is 63.2 Å². The van der Waals surface area contributed by atoms with Crippen LogP contribution in [0.1, 0.15) is 64.7 Å². The largest absolute Gasteiger partial charge is 0.481 e. The van der Waals surface area contributed by atoms with E-state index in [1.54, 1.807) is 45.0 Å². The molecule has 39 heavy (non-hydrogen) atoms. The molecule has 0 aliphatic carbocycles. The number of amides is 1. The fourth-order valence-electron chi connectivity index (χ4n) is 4.00. The number of nitriles is 1. The number of hydrogen-bond donors (Lipinski definition) is 2. The molecule has 2 N–H and O–H groups in total. The normalized spacial score (nSPS) is 14.5. The number of benzene rings is 2. The zero-order valence-corrected chi connectivity index (χ0v) is 25.6. The van der Waals surface area contributed by atoms with E-state index in [4.69, 9.17) is 14.4 Å². The molecule has 212 valence electrons. The number of aliphatic carboxylic acids is 1. The minimum atomic E-state index is -2.37. The van der Waals surface area contributed by atoms with Gasteiger partial charge in [0.2, 0.25) is 0 Å². The first-order valence-corrected chi connectivity index (χ1v) is 16.3. The number of ether oxygens (including phenoxy) is 1. The first-order valence-electron chi connectivity index (χ1n) is 13.4. The smallest absolute Gasteiger partial charge is 0.407 e. The molecular weight excluding hydrogens is 508 g/mol. The van der Waals surface area contributed by atoms with E-state index in [2.05, 4.69) is 45.3 Å². The Labute approximate surface area is 234 Å². The predicted octanol–water partition coefficient (Wildman–Crippen LogP) is 6.72. The SMILES string of the molecule is CC(C)(C)OC(=O)NC(Cc1ccccc1)C(CC(Cc1ccc(C#N)cc1)C(=O)O)O[Si](C)(C)C(C)(C)C. The monoisotopic (exact) mass is 552 g/mol. The number of alkyl carbamates (subject to hydrolysis) is 1. The number of carboxylic acids is 1. The number of rotatable bonds is 11. The Morgan fingerprint density at radius 3 is 2.00 bits per heavy atom. The van der Waals surface area contributed by atoms with Crippen LogP contribution in [-0.4, -0.2) is 43.2 Å². The number of carbonyl (C=O) groups is 2. The standard InChI is InChI=1S/C31H44N2O5Si/c1-30(2,3)37-29(36)33-26(19-22-12-10-9-11-13-22)27(38-39(7,8)31(4,5)6)20-25(28(34)35)18-23-14-16-24(21-32)17-15-23/h9-17,25-27H,18-20H2,1-8H3,(H,33,36)(H,34,35). The first kappa shape index (κ1) is 32.1. The third-order valence-electron chi connectivity index (χ3n) is 7.13. The average Bonchev–Trinajstić information content (AvgIpc) is 2.81. The minimum Gasteiger partial charge on any atom is -0.481 e. The molecule has 1 amide bonds. The second kappa shape index (κ2) is 13.3. The highest BCUT2D eigenvalue weighted by atomic mass is 28.4. The van der Waals surface area contributed by atoms with Crippen molar-refractivity contribution in [1.82, 2.24) is 5.32 Å². The van der Waals surface area contributed by atoms with Crippen molar-refractivity contribution in [3.05, 3.63) is 71.3 Å². The fourth-order valence-corrected chi connectivity index (χ4v) is 5.37. The van der Waals surface area contributed by atoms with Gasteiger partial charge in [-0.25, -0.2) is 4.79 Å². The maximum absolute atomic E-state index is 13.0. The molecular formula is C31H44N2O5Si. The fraction of sp³-hybridized carbons (Fsp3) is 0.516. The number of hydrogen-bond acceptors (Lipinski definition) is 5. The van der Waals surface area contributed by atoms with E-state index in [-0.39, 0.29) is 17.9 Å². The highest BCUT2D eigenvalue weighted by molar-refractivity contribution is 6.74. The summed E-state index contributed by atoms with van der Waals surface area (Å²) < 4.78 is 12.5. The predicted molar refractivity (Wildman–Crippen MR) is 156 cm³/mol. The molecule has 0 aliphatic heterocycles. The lowest BCUT2D eigenvalue weighted by molar-refractivity contribution is -0.142. The number of carboxylic acid groups (broad SMARTS) is 1. The summed E-state index contributed by atoms with van der Waals surface area (Å²) in [6.45, 7) is 16.1. The molecule has 0 saturated carbocycles. The lowest BCUT2D eigenvalue weighted by Crippen LogP contribution is -2.54. The second-order valence-corrected chi connectivity index (χ2v) is 17.4. The van der Waals surface area contributed by atoms with Crippen LogP contribution in [0.3, 0.4) is 0 Å². The molecule has 7 nitrogen and oxygen atoms in total. The third-order valence-corrected chi connectivity index (χ3v) is 11.6. The Kier molecular flexibility index (Phi) is 10.9. The van der Waals surface area contributed by atoms with Gasteiger partial charge < -0.3 is 19.6 Å². The van der Waals surface area contributed by atoms with Crippen LogP contribution in [0.4, 0.5) is 4.79 Å². The van der Waals surface area contributed by atoms with Gasteiger partial charge in [0.05, 0.1) is 29.7 Å². The topological polar surface area (TPSA) is 109 Å². The van der Waals surface area contributed by atoms with Crippen LogP contribution in [-0.2, 0) is 26.8 Å². The van der Waals surface area contributed by atoms with E-state index in [1.807, 2.05) is 30.3 Å². The second-order valence-electron chi connectivity index (χ2n) is 12.6. The van der Waals surface area contributed by atoms with Crippen molar-refractivity contribution in [3.8, 4) is 6.07 Å². The van der Waals surface area contributed by atoms with Gasteiger partial charge in [0, 0.05) is 0 Å². The lowest BCUT2D eigenvalue weighted by atomic mass is 9.89. The van der Waals surface area contributed by atoms with E-state index in [1.165, 1.54) is 0 Å². The quantitative estimate of drug-likeness (QED) is 0.300. The Hall–Kier alpha value is -3.15. The Morgan fingerprint density at radius 1 is 0.949 bits per heavy atom. The van der Waals surface area contributed by atoms with E-state index >= 15 is 0 Å². The molecule has 0 aliphatic rings. The van der Waals surface area contributed by atoms with Crippen molar-refractivity contribution in [1.29, 1.82) is 5.26 Å². The summed E-state index contributed by atoms with van der Waals surface area (Å²) in [5.41, 5.74) is 1.67. The van der Waals surface area contributed by atoms with Crippen LogP contribution < -0.4 is 5.32 Å². The summed E-state index contributed by atoms with van der Waals surface area (Å²) in [7, 11) is -2.37. The molecule has 2 aromatic rings. The average molecular weight is 553 g/mol. The third kappa shape index (κ3) is 10.5. The summed E-state index contributed by atoms with van der Waals surface area (Å²) in [5.74, 6) is -1.69. The molecule has 8 heteroatoms. The summed E-state index contributed by atoms with van der Waals surface area (Å²) in [5, 5.41) is 22.3. The molecule has 0 radical (unpaired) electrons. The van der Waals surface area contributed by atoms with Gasteiger partial charge in [-0.3, -0.25) is 4.79 Å².